The minimum absolute atomic E-state index is 0.461. The molecule has 0 N–H and O–H groups in total. The lowest BCUT2D eigenvalue weighted by molar-refractivity contribution is 0.219. The van der Waals surface area contributed by atoms with Crippen molar-refractivity contribution in [3.8, 4) is 0 Å². The fraction of sp³-hybridized carbons (Fsp3) is 1.00. The minimum atomic E-state index is -2.81. The molecule has 4 nitrogen and oxygen atoms in total. The van der Waals surface area contributed by atoms with Gasteiger partial charge in [-0.2, -0.15) is 0 Å². The summed E-state index contributed by atoms with van der Waals surface area (Å²) in [7, 11) is -0.343. The Labute approximate surface area is 146 Å². The van der Waals surface area contributed by atoms with Crippen LogP contribution in [0.4, 0.5) is 0 Å². The molecule has 0 aromatic carbocycles. The zero-order valence-electron chi connectivity index (χ0n) is 15.5. The highest BCUT2D eigenvalue weighted by molar-refractivity contribution is 7.53. The maximum absolute atomic E-state index is 12.3. The molecule has 0 saturated carbocycles. The van der Waals surface area contributed by atoms with Crippen LogP contribution in [-0.2, 0) is 18.0 Å². The first kappa shape index (κ1) is 23.3. The number of rotatable bonds is 18. The monoisotopic (exact) mass is 364 g/mol. The Kier molecular flexibility index (Phi) is 17.4. The lowest BCUT2D eigenvalue weighted by Gasteiger charge is -2.16. The van der Waals surface area contributed by atoms with Crippen molar-refractivity contribution in [3.63, 3.8) is 0 Å². The van der Waals surface area contributed by atoms with Crippen LogP contribution in [0.5, 0.6) is 0 Å². The second kappa shape index (κ2) is 17.2. The van der Waals surface area contributed by atoms with Crippen molar-refractivity contribution in [2.24, 2.45) is 0 Å². The van der Waals surface area contributed by atoms with E-state index in [-0.39, 0.29) is 0 Å². The quantitative estimate of drug-likeness (QED) is 0.174. The molecule has 0 spiro atoms. The highest BCUT2D eigenvalue weighted by Crippen LogP contribution is 2.48. The maximum atomic E-state index is 12.3. The van der Waals surface area contributed by atoms with Gasteiger partial charge in [-0.05, 0) is 26.3 Å². The van der Waals surface area contributed by atoms with E-state index in [2.05, 4.69) is 0 Å². The fourth-order valence-corrected chi connectivity index (χ4v) is 4.91. The van der Waals surface area contributed by atoms with Gasteiger partial charge in [-0.15, -0.1) is 0 Å². The highest BCUT2D eigenvalue weighted by atomic mass is 31.2. The van der Waals surface area contributed by atoms with Gasteiger partial charge < -0.3 is 13.5 Å². The van der Waals surface area contributed by atoms with Crippen molar-refractivity contribution in [2.45, 2.75) is 84.1 Å². The third-order valence-corrected chi connectivity index (χ3v) is 6.77. The molecule has 0 aliphatic carbocycles. The van der Waals surface area contributed by atoms with E-state index in [1.54, 1.807) is 7.11 Å². The van der Waals surface area contributed by atoms with Gasteiger partial charge >= 0.3 is 7.60 Å². The summed E-state index contributed by atoms with van der Waals surface area (Å²) >= 11 is 0. The van der Waals surface area contributed by atoms with E-state index in [4.69, 9.17) is 13.5 Å². The average Bonchev–Trinajstić information content (AvgIpc) is 2.52. The topological polar surface area (TPSA) is 44.8 Å². The Morgan fingerprint density at radius 2 is 1.17 bits per heavy atom. The van der Waals surface area contributed by atoms with Crippen LogP contribution in [0.2, 0.25) is 6.04 Å². The highest BCUT2D eigenvalue weighted by Gasteiger charge is 2.22. The Hall–Kier alpha value is 0.327. The fourth-order valence-electron chi connectivity index (χ4n) is 2.58. The Bertz CT molecular complexity index is 280. The number of hydrogen-bond donors (Lipinski definition) is 0. The van der Waals surface area contributed by atoms with E-state index in [0.717, 1.165) is 12.8 Å². The molecule has 0 aromatic heterocycles. The van der Waals surface area contributed by atoms with Gasteiger partial charge in [-0.3, -0.25) is 4.57 Å². The van der Waals surface area contributed by atoms with Gasteiger partial charge in [0.25, 0.3) is 0 Å². The summed E-state index contributed by atoms with van der Waals surface area (Å²) < 4.78 is 27.9. The van der Waals surface area contributed by atoms with Crippen LogP contribution in [0.1, 0.15) is 78.1 Å². The molecule has 0 fully saturated rings. The van der Waals surface area contributed by atoms with Crippen molar-refractivity contribution < 1.29 is 18.0 Å². The first-order valence-corrected chi connectivity index (χ1v) is 12.2. The maximum Gasteiger partial charge on any atom is 0.330 e. The van der Waals surface area contributed by atoms with Crippen molar-refractivity contribution in [1.82, 2.24) is 0 Å². The second-order valence-electron chi connectivity index (χ2n) is 5.80. The molecule has 2 radical (unpaired) electrons. The van der Waals surface area contributed by atoms with E-state index < -0.39 is 7.60 Å². The average molecular weight is 365 g/mol. The summed E-state index contributed by atoms with van der Waals surface area (Å²) in [5, 5.41) is 0. The van der Waals surface area contributed by atoms with E-state index >= 15 is 0 Å². The zero-order valence-corrected chi connectivity index (χ0v) is 17.4. The summed E-state index contributed by atoms with van der Waals surface area (Å²) in [6.45, 7) is 4.65. The van der Waals surface area contributed by atoms with Gasteiger partial charge in [-0.25, -0.2) is 0 Å². The van der Waals surface area contributed by atoms with E-state index in [1.807, 2.05) is 13.8 Å². The van der Waals surface area contributed by atoms with Crippen LogP contribution >= 0.6 is 7.60 Å². The van der Waals surface area contributed by atoms with Crippen molar-refractivity contribution in [3.05, 3.63) is 0 Å². The first-order chi connectivity index (χ1) is 11.2. The molecular formula is C17H37O4PSi. The summed E-state index contributed by atoms with van der Waals surface area (Å²) in [6, 6.07) is 1.23. The largest absolute Gasteiger partial charge is 0.421 e. The van der Waals surface area contributed by atoms with Crippen LogP contribution in [0.3, 0.4) is 0 Å². The predicted octanol–water partition coefficient (Wildman–Crippen LogP) is 5.84. The normalized spacial score (nSPS) is 12.0. The predicted molar refractivity (Wildman–Crippen MR) is 99.5 cm³/mol. The van der Waals surface area contributed by atoms with Crippen LogP contribution in [0.15, 0.2) is 0 Å². The summed E-state index contributed by atoms with van der Waals surface area (Å²) in [5.74, 6) is 0. The molecule has 0 aliphatic rings. The first-order valence-electron chi connectivity index (χ1n) is 9.32. The lowest BCUT2D eigenvalue weighted by Crippen LogP contribution is -2.00. The third kappa shape index (κ3) is 15.6. The van der Waals surface area contributed by atoms with Gasteiger partial charge in [0.2, 0.25) is 9.76 Å². The molecule has 6 heteroatoms. The van der Waals surface area contributed by atoms with Crippen LogP contribution < -0.4 is 0 Å². The van der Waals surface area contributed by atoms with Gasteiger partial charge in [0, 0.05) is 7.11 Å². The zero-order chi connectivity index (χ0) is 17.2. The summed E-state index contributed by atoms with van der Waals surface area (Å²) in [4.78, 5) is 0. The Morgan fingerprint density at radius 3 is 1.61 bits per heavy atom. The van der Waals surface area contributed by atoms with E-state index in [1.165, 1.54) is 57.4 Å². The van der Waals surface area contributed by atoms with E-state index in [0.29, 0.717) is 29.1 Å². The molecule has 23 heavy (non-hydrogen) atoms. The molecule has 0 atom stereocenters. The van der Waals surface area contributed by atoms with Crippen LogP contribution in [0.25, 0.3) is 0 Å². The number of unbranched alkanes of at least 4 members (excludes halogenated alkanes) is 9. The Balaban J connectivity index is 3.34. The standard InChI is InChI=1S/C17H37O4PSi/c1-4-20-22(18,21-5-2)16-14-12-10-8-6-7-9-11-13-15-17-23-19-3/h4-17H2,1-3H3. The second-order valence-corrected chi connectivity index (χ2v) is 9.19. The van der Waals surface area contributed by atoms with Crippen LogP contribution in [-0.4, -0.2) is 36.2 Å². The SMILES string of the molecule is CCOP(=O)(CCCCCCCCCCCC[Si]OC)OCC. The third-order valence-electron chi connectivity index (χ3n) is 3.76. The van der Waals surface area contributed by atoms with Gasteiger partial charge in [0.1, 0.15) is 0 Å². The molecular weight excluding hydrogens is 327 g/mol. The van der Waals surface area contributed by atoms with Gasteiger partial charge in [0.15, 0.2) is 0 Å². The van der Waals surface area contributed by atoms with Crippen molar-refractivity contribution in [2.75, 3.05) is 26.5 Å². The minimum Gasteiger partial charge on any atom is -0.421 e. The molecule has 0 unspecified atom stereocenters. The molecule has 0 saturated heterocycles. The van der Waals surface area contributed by atoms with Gasteiger partial charge in [0.05, 0.1) is 19.4 Å². The van der Waals surface area contributed by atoms with Crippen LogP contribution in [0, 0.1) is 0 Å². The molecule has 0 aliphatic heterocycles. The molecule has 0 amide bonds. The Morgan fingerprint density at radius 1 is 0.739 bits per heavy atom. The molecule has 0 aromatic rings. The number of hydrogen-bond acceptors (Lipinski definition) is 4. The summed E-state index contributed by atoms with van der Waals surface area (Å²) in [6.07, 6.45) is 13.2. The lowest BCUT2D eigenvalue weighted by atomic mass is 10.1. The summed E-state index contributed by atoms with van der Waals surface area (Å²) in [5.41, 5.74) is 0. The van der Waals surface area contributed by atoms with Crippen molar-refractivity contribution in [1.29, 1.82) is 0 Å². The van der Waals surface area contributed by atoms with E-state index in [9.17, 15) is 4.57 Å². The van der Waals surface area contributed by atoms with Gasteiger partial charge in [-0.1, -0.05) is 57.8 Å². The molecule has 0 rings (SSSR count). The smallest absolute Gasteiger partial charge is 0.330 e. The molecule has 0 bridgehead atoms. The molecule has 138 valence electrons. The molecule has 0 heterocycles. The van der Waals surface area contributed by atoms with Crippen molar-refractivity contribution >= 4 is 17.4 Å².